The number of nitrogens with two attached hydrogens (primary N) is 1. The molecule has 0 aliphatic heterocycles. The zero-order valence-corrected chi connectivity index (χ0v) is 10.6. The van der Waals surface area contributed by atoms with Crippen LogP contribution in [0.2, 0.25) is 0 Å². The first-order valence-corrected chi connectivity index (χ1v) is 6.16. The highest BCUT2D eigenvalue weighted by Gasteiger charge is 2.09. The number of halogens is 1. The van der Waals surface area contributed by atoms with Crippen molar-refractivity contribution in [1.29, 1.82) is 0 Å². The lowest BCUT2D eigenvalue weighted by atomic mass is 10.1. The van der Waals surface area contributed by atoms with Gasteiger partial charge in [-0.05, 0) is 36.2 Å². The van der Waals surface area contributed by atoms with Crippen molar-refractivity contribution in [2.45, 2.75) is 12.5 Å². The summed E-state index contributed by atoms with van der Waals surface area (Å²) >= 11 is 0. The fourth-order valence-electron chi connectivity index (χ4n) is 1.83. The molecule has 1 atom stereocenters. The highest BCUT2D eigenvalue weighted by atomic mass is 19.1. The minimum absolute atomic E-state index is 0.0676. The van der Waals surface area contributed by atoms with E-state index in [1.165, 1.54) is 12.1 Å². The Morgan fingerprint density at radius 2 is 1.89 bits per heavy atom. The van der Waals surface area contributed by atoms with Crippen molar-refractivity contribution >= 4 is 0 Å². The Balaban J connectivity index is 1.90. The van der Waals surface area contributed by atoms with Gasteiger partial charge in [0.25, 0.3) is 0 Å². The molecular weight excluding hydrogens is 243 g/mol. The molecule has 4 heteroatoms. The number of hydrogen-bond donors (Lipinski definition) is 2. The molecule has 3 N–H and O–H groups in total. The van der Waals surface area contributed by atoms with Crippen LogP contribution in [0, 0.1) is 5.82 Å². The quantitative estimate of drug-likeness (QED) is 0.619. The van der Waals surface area contributed by atoms with Crippen molar-refractivity contribution in [2.24, 2.45) is 5.84 Å². The van der Waals surface area contributed by atoms with Crippen LogP contribution in [0.3, 0.4) is 0 Å². The second kappa shape index (κ2) is 6.87. The van der Waals surface area contributed by atoms with Crippen molar-refractivity contribution in [3.63, 3.8) is 0 Å². The molecule has 0 heterocycles. The monoisotopic (exact) mass is 260 g/mol. The van der Waals surface area contributed by atoms with E-state index >= 15 is 0 Å². The standard InChI is InChI=1S/C15H17FN2O/c16-13-6-4-5-12(9-13)10-14(18-17)11-19-15-7-2-1-3-8-15/h1-9,14,18H,10-11,17H2. The number of rotatable bonds is 6. The molecule has 2 rings (SSSR count). The van der Waals surface area contributed by atoms with Gasteiger partial charge in [-0.1, -0.05) is 30.3 Å². The maximum absolute atomic E-state index is 13.1. The van der Waals surface area contributed by atoms with Crippen LogP contribution in [0.4, 0.5) is 4.39 Å². The molecule has 2 aromatic carbocycles. The van der Waals surface area contributed by atoms with Crippen LogP contribution in [-0.2, 0) is 6.42 Å². The molecule has 0 aliphatic carbocycles. The smallest absolute Gasteiger partial charge is 0.123 e. The second-order valence-electron chi connectivity index (χ2n) is 4.32. The van der Waals surface area contributed by atoms with Crippen LogP contribution in [0.25, 0.3) is 0 Å². The van der Waals surface area contributed by atoms with Gasteiger partial charge >= 0.3 is 0 Å². The highest BCUT2D eigenvalue weighted by Crippen LogP contribution is 2.10. The third kappa shape index (κ3) is 4.35. The summed E-state index contributed by atoms with van der Waals surface area (Å²) in [6, 6.07) is 15.9. The largest absolute Gasteiger partial charge is 0.492 e. The average molecular weight is 260 g/mol. The summed E-state index contributed by atoms with van der Waals surface area (Å²) in [5, 5.41) is 0. The molecule has 1 unspecified atom stereocenters. The first-order valence-electron chi connectivity index (χ1n) is 6.16. The molecule has 0 saturated carbocycles. The molecule has 0 saturated heterocycles. The molecule has 0 radical (unpaired) electrons. The zero-order valence-electron chi connectivity index (χ0n) is 10.6. The number of nitrogens with one attached hydrogen (secondary N) is 1. The Morgan fingerprint density at radius 3 is 2.58 bits per heavy atom. The topological polar surface area (TPSA) is 47.3 Å². The van der Waals surface area contributed by atoms with Gasteiger partial charge < -0.3 is 4.74 Å². The first-order chi connectivity index (χ1) is 9.28. The summed E-state index contributed by atoms with van der Waals surface area (Å²) in [6.45, 7) is 0.428. The van der Waals surface area contributed by atoms with Gasteiger partial charge in [-0.2, -0.15) is 0 Å². The molecular formula is C15H17FN2O. The zero-order chi connectivity index (χ0) is 13.5. The lowest BCUT2D eigenvalue weighted by molar-refractivity contribution is 0.264. The van der Waals surface area contributed by atoms with Gasteiger partial charge in [0.1, 0.15) is 18.2 Å². The second-order valence-corrected chi connectivity index (χ2v) is 4.32. The fraction of sp³-hybridized carbons (Fsp3) is 0.200. The Bertz CT molecular complexity index is 505. The van der Waals surface area contributed by atoms with E-state index in [0.717, 1.165) is 11.3 Å². The van der Waals surface area contributed by atoms with E-state index in [1.54, 1.807) is 6.07 Å². The Labute approximate surface area is 112 Å². The predicted octanol–water partition coefficient (Wildman–Crippen LogP) is 2.28. The molecule has 2 aromatic rings. The molecule has 19 heavy (non-hydrogen) atoms. The summed E-state index contributed by atoms with van der Waals surface area (Å²) in [4.78, 5) is 0. The van der Waals surface area contributed by atoms with E-state index in [9.17, 15) is 4.39 Å². The van der Waals surface area contributed by atoms with E-state index in [0.29, 0.717) is 13.0 Å². The van der Waals surface area contributed by atoms with Crippen molar-refractivity contribution in [1.82, 2.24) is 5.43 Å². The van der Waals surface area contributed by atoms with Gasteiger partial charge in [0, 0.05) is 0 Å². The number of para-hydroxylation sites is 1. The molecule has 0 aliphatic rings. The Kier molecular flexibility index (Phi) is 4.89. The van der Waals surface area contributed by atoms with Crippen LogP contribution >= 0.6 is 0 Å². The first kappa shape index (κ1) is 13.5. The van der Waals surface area contributed by atoms with Gasteiger partial charge in [0.05, 0.1) is 6.04 Å². The van der Waals surface area contributed by atoms with E-state index in [-0.39, 0.29) is 11.9 Å². The van der Waals surface area contributed by atoms with E-state index in [4.69, 9.17) is 10.6 Å². The minimum Gasteiger partial charge on any atom is -0.492 e. The summed E-state index contributed by atoms with van der Waals surface area (Å²) in [7, 11) is 0. The van der Waals surface area contributed by atoms with Gasteiger partial charge in [0.2, 0.25) is 0 Å². The lowest BCUT2D eigenvalue weighted by Gasteiger charge is -2.17. The molecule has 0 spiro atoms. The minimum atomic E-state index is -0.239. The van der Waals surface area contributed by atoms with E-state index in [2.05, 4.69) is 5.43 Å². The van der Waals surface area contributed by atoms with Gasteiger partial charge in [-0.3, -0.25) is 11.3 Å². The van der Waals surface area contributed by atoms with Crippen molar-refractivity contribution in [2.75, 3.05) is 6.61 Å². The van der Waals surface area contributed by atoms with Crippen molar-refractivity contribution < 1.29 is 9.13 Å². The van der Waals surface area contributed by atoms with Crippen LogP contribution in [0.5, 0.6) is 5.75 Å². The maximum Gasteiger partial charge on any atom is 0.123 e. The fourth-order valence-corrected chi connectivity index (χ4v) is 1.83. The van der Waals surface area contributed by atoms with Gasteiger partial charge in [-0.15, -0.1) is 0 Å². The summed E-state index contributed by atoms with van der Waals surface area (Å²) < 4.78 is 18.7. The summed E-state index contributed by atoms with van der Waals surface area (Å²) in [5.41, 5.74) is 3.58. The van der Waals surface area contributed by atoms with Crippen molar-refractivity contribution in [3.8, 4) is 5.75 Å². The molecule has 3 nitrogen and oxygen atoms in total. The predicted molar refractivity (Wildman–Crippen MR) is 73.2 cm³/mol. The molecule has 0 bridgehead atoms. The van der Waals surface area contributed by atoms with Crippen LogP contribution in [0.1, 0.15) is 5.56 Å². The molecule has 0 amide bonds. The van der Waals surface area contributed by atoms with Gasteiger partial charge in [0.15, 0.2) is 0 Å². The third-order valence-corrected chi connectivity index (χ3v) is 2.80. The Morgan fingerprint density at radius 1 is 1.11 bits per heavy atom. The Hall–Kier alpha value is -1.91. The number of benzene rings is 2. The molecule has 0 aromatic heterocycles. The van der Waals surface area contributed by atoms with Crippen molar-refractivity contribution in [3.05, 3.63) is 66.0 Å². The van der Waals surface area contributed by atoms with E-state index in [1.807, 2.05) is 36.4 Å². The molecule has 100 valence electrons. The normalized spacial score (nSPS) is 12.1. The number of hydrazine groups is 1. The average Bonchev–Trinajstić information content (AvgIpc) is 2.44. The summed E-state index contributed by atoms with van der Waals surface area (Å²) in [6.07, 6.45) is 0.612. The van der Waals surface area contributed by atoms with Gasteiger partial charge in [-0.25, -0.2) is 4.39 Å². The number of ether oxygens (including phenoxy) is 1. The highest BCUT2D eigenvalue weighted by molar-refractivity contribution is 5.21. The maximum atomic E-state index is 13.1. The SMILES string of the molecule is NNC(COc1ccccc1)Cc1cccc(F)c1. The van der Waals surface area contributed by atoms with Crippen LogP contribution in [0.15, 0.2) is 54.6 Å². The van der Waals surface area contributed by atoms with E-state index < -0.39 is 0 Å². The van der Waals surface area contributed by atoms with Crippen LogP contribution in [-0.4, -0.2) is 12.6 Å². The summed E-state index contributed by atoms with van der Waals surface area (Å²) in [5.74, 6) is 6.05. The number of hydrogen-bond acceptors (Lipinski definition) is 3. The molecule has 0 fully saturated rings. The third-order valence-electron chi connectivity index (χ3n) is 2.80. The lowest BCUT2D eigenvalue weighted by Crippen LogP contribution is -2.41. The van der Waals surface area contributed by atoms with Crippen LogP contribution < -0.4 is 16.0 Å².